The second-order valence-corrected chi connectivity index (χ2v) is 4.97. The molecule has 0 radical (unpaired) electrons. The summed E-state index contributed by atoms with van der Waals surface area (Å²) < 4.78 is 5.20. The first-order valence-electron chi connectivity index (χ1n) is 6.42. The first-order valence-corrected chi connectivity index (χ1v) is 6.80. The molecule has 2 aromatic carbocycles. The number of halogens is 1. The van der Waals surface area contributed by atoms with E-state index in [0.29, 0.717) is 17.0 Å². The van der Waals surface area contributed by atoms with E-state index >= 15 is 0 Å². The monoisotopic (exact) mass is 314 g/mol. The van der Waals surface area contributed by atoms with Crippen molar-refractivity contribution in [3.8, 4) is 17.1 Å². The van der Waals surface area contributed by atoms with Crippen LogP contribution in [0, 0.1) is 0 Å². The second-order valence-electron chi connectivity index (χ2n) is 4.56. The van der Waals surface area contributed by atoms with Crippen LogP contribution in [0.4, 0.5) is 5.69 Å². The zero-order valence-corrected chi connectivity index (χ0v) is 12.0. The largest absolute Gasteiger partial charge is 0.506 e. The van der Waals surface area contributed by atoms with Crippen LogP contribution in [-0.4, -0.2) is 16.0 Å². The van der Waals surface area contributed by atoms with Crippen LogP contribution < -0.4 is 5.32 Å². The molecule has 2 N–H and O–H groups in total. The summed E-state index contributed by atoms with van der Waals surface area (Å²) in [5.74, 6) is 0.284. The predicted molar refractivity (Wildman–Crippen MR) is 83.0 cm³/mol. The summed E-state index contributed by atoms with van der Waals surface area (Å²) in [5, 5.41) is 12.2. The molecule has 110 valence electrons. The number of aromatic nitrogens is 1. The molecule has 0 atom stereocenters. The van der Waals surface area contributed by atoms with Gasteiger partial charge in [0.25, 0.3) is 5.91 Å². The number of rotatable bonds is 3. The second kappa shape index (κ2) is 5.91. The third kappa shape index (κ3) is 2.94. The molecule has 1 aromatic heterocycles. The Morgan fingerprint density at radius 2 is 1.95 bits per heavy atom. The molecule has 0 aliphatic carbocycles. The van der Waals surface area contributed by atoms with Crippen LogP contribution >= 0.6 is 11.6 Å². The number of nitrogens with zero attached hydrogens (tertiary/aromatic N) is 1. The number of phenols is 1. The van der Waals surface area contributed by atoms with Gasteiger partial charge in [-0.3, -0.25) is 4.79 Å². The fourth-order valence-electron chi connectivity index (χ4n) is 1.93. The molecular weight excluding hydrogens is 304 g/mol. The van der Waals surface area contributed by atoms with Crippen LogP contribution in [0.1, 0.15) is 10.4 Å². The van der Waals surface area contributed by atoms with Crippen molar-refractivity contribution in [2.45, 2.75) is 0 Å². The maximum atomic E-state index is 12.1. The van der Waals surface area contributed by atoms with Gasteiger partial charge < -0.3 is 14.8 Å². The summed E-state index contributed by atoms with van der Waals surface area (Å²) in [4.78, 5) is 16.0. The van der Waals surface area contributed by atoms with Gasteiger partial charge in [0.15, 0.2) is 12.2 Å². The molecule has 1 heterocycles. The van der Waals surface area contributed by atoms with Crippen molar-refractivity contribution in [2.24, 2.45) is 0 Å². The summed E-state index contributed by atoms with van der Waals surface area (Å²) in [6.45, 7) is 0. The highest BCUT2D eigenvalue weighted by atomic mass is 35.5. The Hall–Kier alpha value is -2.79. The van der Waals surface area contributed by atoms with Crippen molar-refractivity contribution in [2.75, 3.05) is 5.32 Å². The highest BCUT2D eigenvalue weighted by Gasteiger charge is 2.09. The molecule has 3 aromatic rings. The summed E-state index contributed by atoms with van der Waals surface area (Å²) in [6.07, 6.45) is 2.98. The number of hydrogen-bond donors (Lipinski definition) is 2. The van der Waals surface area contributed by atoms with Gasteiger partial charge >= 0.3 is 0 Å². The molecular formula is C16H11ClN2O3. The van der Waals surface area contributed by atoms with Crippen LogP contribution in [0.25, 0.3) is 11.3 Å². The van der Waals surface area contributed by atoms with Gasteiger partial charge in [0.05, 0.1) is 11.2 Å². The molecule has 6 heteroatoms. The van der Waals surface area contributed by atoms with Crippen molar-refractivity contribution in [3.63, 3.8) is 0 Å². The third-order valence-corrected chi connectivity index (χ3v) is 3.37. The fourth-order valence-corrected chi connectivity index (χ4v) is 2.11. The van der Waals surface area contributed by atoms with E-state index < -0.39 is 0 Å². The van der Waals surface area contributed by atoms with Gasteiger partial charge in [-0.15, -0.1) is 0 Å². The number of phenolic OH excluding ortho intramolecular Hbond substituents is 1. The van der Waals surface area contributed by atoms with E-state index in [2.05, 4.69) is 10.3 Å². The molecule has 0 bridgehead atoms. The molecule has 22 heavy (non-hydrogen) atoms. The Labute approximate surface area is 131 Å². The lowest BCUT2D eigenvalue weighted by atomic mass is 10.1. The maximum Gasteiger partial charge on any atom is 0.255 e. The average Bonchev–Trinajstić information content (AvgIpc) is 3.05. The van der Waals surface area contributed by atoms with E-state index in [9.17, 15) is 9.90 Å². The lowest BCUT2D eigenvalue weighted by molar-refractivity contribution is 0.102. The molecule has 0 aliphatic heterocycles. The van der Waals surface area contributed by atoms with Crippen LogP contribution in [0.15, 0.2) is 59.5 Å². The molecule has 0 aliphatic rings. The maximum absolute atomic E-state index is 12.1. The summed E-state index contributed by atoms with van der Waals surface area (Å²) in [7, 11) is 0. The number of nitrogens with one attached hydrogen (secondary N) is 1. The van der Waals surface area contributed by atoms with Crippen molar-refractivity contribution in [1.82, 2.24) is 4.98 Å². The van der Waals surface area contributed by atoms with Crippen LogP contribution in [0.5, 0.6) is 5.75 Å². The Bertz CT molecular complexity index is 799. The minimum Gasteiger partial charge on any atom is -0.506 e. The van der Waals surface area contributed by atoms with Gasteiger partial charge in [-0.1, -0.05) is 11.6 Å². The average molecular weight is 315 g/mol. The predicted octanol–water partition coefficient (Wildman–Crippen LogP) is 3.95. The van der Waals surface area contributed by atoms with E-state index in [1.165, 1.54) is 24.6 Å². The quantitative estimate of drug-likeness (QED) is 0.767. The molecule has 0 saturated carbocycles. The number of carbonyl (C=O) groups is 1. The minimum absolute atomic E-state index is 0.0605. The number of benzene rings is 2. The summed E-state index contributed by atoms with van der Waals surface area (Å²) in [5.41, 5.74) is 1.86. The Morgan fingerprint density at radius 1 is 1.18 bits per heavy atom. The molecule has 0 saturated heterocycles. The highest BCUT2D eigenvalue weighted by Crippen LogP contribution is 2.25. The fraction of sp³-hybridized carbons (Fsp3) is 0. The van der Waals surface area contributed by atoms with Crippen LogP contribution in [-0.2, 0) is 0 Å². The van der Waals surface area contributed by atoms with Gasteiger partial charge in [0.1, 0.15) is 5.75 Å². The molecule has 0 unspecified atom stereocenters. The molecule has 0 fully saturated rings. The van der Waals surface area contributed by atoms with Crippen molar-refractivity contribution in [1.29, 1.82) is 0 Å². The Morgan fingerprint density at radius 3 is 2.59 bits per heavy atom. The number of amides is 1. The standard InChI is InChI=1S/C16H11ClN2O3/c17-13-7-11(3-6-14(13)20)16(21)19-12-4-1-10(2-5-12)15-8-18-9-22-15/h1-9,20H,(H,19,21). The third-order valence-electron chi connectivity index (χ3n) is 3.07. The lowest BCUT2D eigenvalue weighted by Gasteiger charge is -2.07. The Kier molecular flexibility index (Phi) is 3.80. The van der Waals surface area contributed by atoms with Crippen molar-refractivity contribution < 1.29 is 14.3 Å². The molecule has 0 spiro atoms. The number of hydrogen-bond acceptors (Lipinski definition) is 4. The van der Waals surface area contributed by atoms with Crippen LogP contribution in [0.2, 0.25) is 5.02 Å². The first-order chi connectivity index (χ1) is 10.6. The molecule has 3 rings (SSSR count). The van der Waals surface area contributed by atoms with Gasteiger partial charge in [-0.2, -0.15) is 0 Å². The topological polar surface area (TPSA) is 75.4 Å². The number of oxazole rings is 1. The lowest BCUT2D eigenvalue weighted by Crippen LogP contribution is -2.11. The number of anilines is 1. The zero-order valence-electron chi connectivity index (χ0n) is 11.3. The summed E-state index contributed by atoms with van der Waals surface area (Å²) >= 11 is 5.79. The zero-order chi connectivity index (χ0) is 15.5. The van der Waals surface area contributed by atoms with E-state index in [1.807, 2.05) is 12.1 Å². The normalized spacial score (nSPS) is 10.4. The summed E-state index contributed by atoms with van der Waals surface area (Å²) in [6, 6.07) is 11.5. The van der Waals surface area contributed by atoms with E-state index in [1.54, 1.807) is 18.3 Å². The van der Waals surface area contributed by atoms with Gasteiger partial charge in [0.2, 0.25) is 0 Å². The van der Waals surface area contributed by atoms with Gasteiger partial charge in [0, 0.05) is 16.8 Å². The highest BCUT2D eigenvalue weighted by molar-refractivity contribution is 6.32. The molecule has 1 amide bonds. The van der Waals surface area contributed by atoms with Gasteiger partial charge in [-0.05, 0) is 42.5 Å². The van der Waals surface area contributed by atoms with E-state index in [-0.39, 0.29) is 16.7 Å². The van der Waals surface area contributed by atoms with E-state index in [0.717, 1.165) is 5.56 Å². The number of aromatic hydroxyl groups is 1. The first kappa shape index (κ1) is 14.2. The SMILES string of the molecule is O=C(Nc1ccc(-c2cnco2)cc1)c1ccc(O)c(Cl)c1. The minimum atomic E-state index is -0.311. The van der Waals surface area contributed by atoms with Crippen molar-refractivity contribution >= 4 is 23.2 Å². The number of carbonyl (C=O) groups excluding carboxylic acids is 1. The van der Waals surface area contributed by atoms with Crippen LogP contribution in [0.3, 0.4) is 0 Å². The molecule has 5 nitrogen and oxygen atoms in total. The van der Waals surface area contributed by atoms with E-state index in [4.69, 9.17) is 16.0 Å². The van der Waals surface area contributed by atoms with Crippen molar-refractivity contribution in [3.05, 3.63) is 65.6 Å². The smallest absolute Gasteiger partial charge is 0.255 e. The van der Waals surface area contributed by atoms with Gasteiger partial charge in [-0.25, -0.2) is 4.98 Å². The Balaban J connectivity index is 1.75.